The summed E-state index contributed by atoms with van der Waals surface area (Å²) in [7, 11) is 1.60. The lowest BCUT2D eigenvalue weighted by molar-refractivity contribution is 0.0992. The highest BCUT2D eigenvalue weighted by atomic mass is 79.9. The highest BCUT2D eigenvalue weighted by molar-refractivity contribution is 9.10. The summed E-state index contributed by atoms with van der Waals surface area (Å²) in [6.07, 6.45) is 0.304. The van der Waals surface area contributed by atoms with E-state index in [9.17, 15) is 4.79 Å². The third-order valence-electron chi connectivity index (χ3n) is 2.79. The fourth-order valence-corrected chi connectivity index (χ4v) is 2.29. The highest BCUT2D eigenvalue weighted by Crippen LogP contribution is 2.25. The summed E-state index contributed by atoms with van der Waals surface area (Å²) >= 11 is 9.23. The number of ether oxygens (including phenoxy) is 1. The van der Waals surface area contributed by atoms with E-state index in [0.717, 1.165) is 15.8 Å². The van der Waals surface area contributed by atoms with E-state index in [-0.39, 0.29) is 5.78 Å². The predicted molar refractivity (Wildman–Crippen MR) is 80.2 cm³/mol. The summed E-state index contributed by atoms with van der Waals surface area (Å²) in [5, 5.41) is 0.592. The molecule has 0 saturated carbocycles. The SMILES string of the molecule is COc1ccccc1CC(=O)c1ccc(Cl)c(Br)c1. The van der Waals surface area contributed by atoms with E-state index in [4.69, 9.17) is 16.3 Å². The summed E-state index contributed by atoms with van der Waals surface area (Å²) < 4.78 is 5.96. The van der Waals surface area contributed by atoms with Crippen LogP contribution in [-0.2, 0) is 6.42 Å². The van der Waals surface area contributed by atoms with E-state index in [1.165, 1.54) is 0 Å². The number of benzene rings is 2. The first kappa shape index (κ1) is 14.1. The summed E-state index contributed by atoms with van der Waals surface area (Å²) in [6.45, 7) is 0. The van der Waals surface area contributed by atoms with Crippen LogP contribution in [0.3, 0.4) is 0 Å². The molecule has 0 bridgehead atoms. The predicted octanol–water partition coefficient (Wildman–Crippen LogP) is 4.54. The lowest BCUT2D eigenvalue weighted by Crippen LogP contribution is -2.05. The molecular weight excluding hydrogens is 328 g/mol. The van der Waals surface area contributed by atoms with E-state index in [2.05, 4.69) is 15.9 Å². The van der Waals surface area contributed by atoms with Crippen LogP contribution in [0.1, 0.15) is 15.9 Å². The number of hydrogen-bond acceptors (Lipinski definition) is 2. The van der Waals surface area contributed by atoms with Crippen molar-refractivity contribution in [3.05, 3.63) is 63.1 Å². The fraction of sp³-hybridized carbons (Fsp3) is 0.133. The number of para-hydroxylation sites is 1. The van der Waals surface area contributed by atoms with Crippen molar-refractivity contribution in [2.75, 3.05) is 7.11 Å². The van der Waals surface area contributed by atoms with Crippen LogP contribution >= 0.6 is 27.5 Å². The minimum Gasteiger partial charge on any atom is -0.496 e. The van der Waals surface area contributed by atoms with Crippen LogP contribution in [0.25, 0.3) is 0 Å². The molecule has 0 unspecified atom stereocenters. The van der Waals surface area contributed by atoms with E-state index in [1.807, 2.05) is 24.3 Å². The number of carbonyl (C=O) groups excluding carboxylic acids is 1. The largest absolute Gasteiger partial charge is 0.496 e. The third kappa shape index (κ3) is 3.37. The van der Waals surface area contributed by atoms with Crippen molar-refractivity contribution in [1.82, 2.24) is 0 Å². The summed E-state index contributed by atoms with van der Waals surface area (Å²) in [4.78, 5) is 12.2. The zero-order chi connectivity index (χ0) is 13.8. The number of halogens is 2. The van der Waals surface area contributed by atoms with Crippen molar-refractivity contribution < 1.29 is 9.53 Å². The Labute approximate surface area is 125 Å². The van der Waals surface area contributed by atoms with Gasteiger partial charge in [-0.15, -0.1) is 0 Å². The van der Waals surface area contributed by atoms with Crippen molar-refractivity contribution in [3.63, 3.8) is 0 Å². The molecule has 2 rings (SSSR count). The standard InChI is InChI=1S/C15H12BrClO2/c1-19-15-5-3-2-4-11(15)9-14(18)10-6-7-13(17)12(16)8-10/h2-8H,9H2,1H3. The smallest absolute Gasteiger partial charge is 0.167 e. The minimum atomic E-state index is 0.0295. The molecule has 0 amide bonds. The average Bonchev–Trinajstić information content (AvgIpc) is 2.42. The topological polar surface area (TPSA) is 26.3 Å². The molecule has 0 spiro atoms. The Morgan fingerprint density at radius 1 is 1.26 bits per heavy atom. The Balaban J connectivity index is 2.23. The first-order valence-corrected chi connectivity index (χ1v) is 6.89. The van der Waals surface area contributed by atoms with Gasteiger partial charge < -0.3 is 4.74 Å². The zero-order valence-electron chi connectivity index (χ0n) is 10.3. The van der Waals surface area contributed by atoms with Gasteiger partial charge in [-0.25, -0.2) is 0 Å². The molecule has 0 aromatic heterocycles. The van der Waals surface area contributed by atoms with Crippen molar-refractivity contribution in [2.24, 2.45) is 0 Å². The maximum atomic E-state index is 12.2. The van der Waals surface area contributed by atoms with Gasteiger partial charge in [-0.2, -0.15) is 0 Å². The molecule has 0 heterocycles. The van der Waals surface area contributed by atoms with Crippen LogP contribution in [0.5, 0.6) is 5.75 Å². The molecule has 98 valence electrons. The van der Waals surface area contributed by atoms with E-state index < -0.39 is 0 Å². The molecular formula is C15H12BrClO2. The second-order valence-electron chi connectivity index (χ2n) is 4.04. The molecule has 2 nitrogen and oxygen atoms in total. The van der Waals surface area contributed by atoms with Gasteiger partial charge in [0.25, 0.3) is 0 Å². The van der Waals surface area contributed by atoms with E-state index >= 15 is 0 Å². The van der Waals surface area contributed by atoms with Gasteiger partial charge in [-0.3, -0.25) is 4.79 Å². The molecule has 0 aliphatic rings. The summed E-state index contributed by atoms with van der Waals surface area (Å²) in [5.41, 5.74) is 1.50. The minimum absolute atomic E-state index is 0.0295. The van der Waals surface area contributed by atoms with Crippen LogP contribution in [0.2, 0.25) is 5.02 Å². The van der Waals surface area contributed by atoms with Crippen LogP contribution in [0.4, 0.5) is 0 Å². The van der Waals surface area contributed by atoms with Crippen molar-refractivity contribution in [1.29, 1.82) is 0 Å². The van der Waals surface area contributed by atoms with E-state index in [0.29, 0.717) is 17.0 Å². The Bertz CT molecular complexity index is 611. The number of carbonyl (C=O) groups is 1. The number of hydrogen-bond donors (Lipinski definition) is 0. The lowest BCUT2D eigenvalue weighted by atomic mass is 10.0. The molecule has 0 aliphatic carbocycles. The van der Waals surface area contributed by atoms with Gasteiger partial charge in [-0.1, -0.05) is 29.8 Å². The van der Waals surface area contributed by atoms with Crippen LogP contribution in [0, 0.1) is 0 Å². The lowest BCUT2D eigenvalue weighted by Gasteiger charge is -2.08. The Hall–Kier alpha value is -1.32. The van der Waals surface area contributed by atoms with Gasteiger partial charge >= 0.3 is 0 Å². The molecule has 4 heteroatoms. The number of Topliss-reactive ketones (excluding diaryl/α,β-unsaturated/α-hetero) is 1. The fourth-order valence-electron chi connectivity index (χ4n) is 1.79. The molecule has 0 fully saturated rings. The molecule has 0 radical (unpaired) electrons. The maximum Gasteiger partial charge on any atom is 0.167 e. The molecule has 0 aliphatic heterocycles. The quantitative estimate of drug-likeness (QED) is 0.765. The van der Waals surface area contributed by atoms with Crippen LogP contribution in [-0.4, -0.2) is 12.9 Å². The Morgan fingerprint density at radius 2 is 2.00 bits per heavy atom. The first-order chi connectivity index (χ1) is 9.11. The van der Waals surface area contributed by atoms with Crippen molar-refractivity contribution in [3.8, 4) is 5.75 Å². The number of rotatable bonds is 4. The average molecular weight is 340 g/mol. The molecule has 0 N–H and O–H groups in total. The highest BCUT2D eigenvalue weighted by Gasteiger charge is 2.11. The maximum absolute atomic E-state index is 12.2. The van der Waals surface area contributed by atoms with Gasteiger partial charge in [0.15, 0.2) is 5.78 Å². The molecule has 19 heavy (non-hydrogen) atoms. The second kappa shape index (κ2) is 6.22. The van der Waals surface area contributed by atoms with Crippen molar-refractivity contribution in [2.45, 2.75) is 6.42 Å². The first-order valence-electron chi connectivity index (χ1n) is 5.72. The third-order valence-corrected chi connectivity index (χ3v) is 4.00. The Morgan fingerprint density at radius 3 is 2.68 bits per heavy atom. The molecule has 2 aromatic rings. The van der Waals surface area contributed by atoms with Gasteiger partial charge in [0.2, 0.25) is 0 Å². The van der Waals surface area contributed by atoms with Gasteiger partial charge in [0.1, 0.15) is 5.75 Å². The number of ketones is 1. The number of methoxy groups -OCH3 is 1. The summed E-state index contributed by atoms with van der Waals surface area (Å²) in [5.74, 6) is 0.755. The van der Waals surface area contributed by atoms with Gasteiger partial charge in [0, 0.05) is 22.0 Å². The second-order valence-corrected chi connectivity index (χ2v) is 5.30. The monoisotopic (exact) mass is 338 g/mol. The van der Waals surface area contributed by atoms with Crippen LogP contribution in [0.15, 0.2) is 46.9 Å². The van der Waals surface area contributed by atoms with Gasteiger partial charge in [0.05, 0.1) is 12.1 Å². The van der Waals surface area contributed by atoms with Gasteiger partial charge in [-0.05, 0) is 40.2 Å². The normalized spacial score (nSPS) is 10.3. The summed E-state index contributed by atoms with van der Waals surface area (Å²) in [6, 6.07) is 12.7. The van der Waals surface area contributed by atoms with Crippen molar-refractivity contribution >= 4 is 33.3 Å². The Kier molecular flexibility index (Phi) is 4.61. The van der Waals surface area contributed by atoms with Crippen LogP contribution < -0.4 is 4.74 Å². The molecule has 0 atom stereocenters. The van der Waals surface area contributed by atoms with E-state index in [1.54, 1.807) is 25.3 Å². The molecule has 2 aromatic carbocycles. The molecule has 0 saturated heterocycles. The zero-order valence-corrected chi connectivity index (χ0v) is 12.7.